The highest BCUT2D eigenvalue weighted by molar-refractivity contribution is 7.19. The topological polar surface area (TPSA) is 54.0 Å². The van der Waals surface area contributed by atoms with Gasteiger partial charge in [-0.15, -0.1) is 0 Å². The Kier molecular flexibility index (Phi) is 4.42. The lowest BCUT2D eigenvalue weighted by molar-refractivity contribution is 0.262. The van der Waals surface area contributed by atoms with Crippen LogP contribution in [0.4, 0.5) is 15.6 Å². The molecule has 0 atom stereocenters. The molecular weight excluding hydrogens is 354 g/mol. The number of aromatic nitrogens is 1. The molecule has 1 aliphatic rings. The summed E-state index contributed by atoms with van der Waals surface area (Å²) in [6, 6.07) is 15.1. The third-order valence-corrected chi connectivity index (χ3v) is 5.44. The number of hydrogen-bond donors (Lipinski definition) is 2. The zero-order valence-corrected chi connectivity index (χ0v) is 15.0. The van der Waals surface area contributed by atoms with Crippen LogP contribution in [0.25, 0.3) is 10.4 Å². The van der Waals surface area contributed by atoms with E-state index in [2.05, 4.69) is 33.8 Å². The molecule has 6 heteroatoms. The zero-order chi connectivity index (χ0) is 17.2. The molecule has 1 aromatic heterocycles. The maximum absolute atomic E-state index is 12.2. The van der Waals surface area contributed by atoms with Crippen molar-refractivity contribution in [2.75, 3.05) is 10.6 Å². The highest BCUT2D eigenvalue weighted by Gasteiger charge is 2.19. The highest BCUT2D eigenvalue weighted by atomic mass is 35.5. The number of fused-ring (bicyclic) bond motifs is 3. The predicted octanol–water partition coefficient (Wildman–Crippen LogP) is 5.60. The number of carbonyl (C=O) groups is 1. The second kappa shape index (κ2) is 6.86. The Bertz CT molecular complexity index is 921. The van der Waals surface area contributed by atoms with Gasteiger partial charge in [0.25, 0.3) is 0 Å². The summed E-state index contributed by atoms with van der Waals surface area (Å²) in [7, 11) is 0. The molecule has 0 saturated heterocycles. The summed E-state index contributed by atoms with van der Waals surface area (Å²) in [6.45, 7) is 0. The SMILES string of the molecule is O=C(Nc1ccc(Cl)cc1)Nc1nc2c(s1)-c1ccccc1CCC2. The number of urea groups is 1. The molecule has 0 spiro atoms. The quantitative estimate of drug-likeness (QED) is 0.618. The van der Waals surface area contributed by atoms with Crippen LogP contribution >= 0.6 is 22.9 Å². The fourth-order valence-electron chi connectivity index (χ4n) is 2.98. The number of carbonyl (C=O) groups excluding carboxylic acids is 1. The van der Waals surface area contributed by atoms with Crippen molar-refractivity contribution in [3.8, 4) is 10.4 Å². The van der Waals surface area contributed by atoms with Gasteiger partial charge in [-0.3, -0.25) is 5.32 Å². The third-order valence-electron chi connectivity index (χ3n) is 4.14. The summed E-state index contributed by atoms with van der Waals surface area (Å²) in [5.41, 5.74) is 4.34. The van der Waals surface area contributed by atoms with Crippen molar-refractivity contribution in [2.45, 2.75) is 19.3 Å². The molecule has 126 valence electrons. The van der Waals surface area contributed by atoms with Gasteiger partial charge in [0, 0.05) is 10.7 Å². The van der Waals surface area contributed by atoms with Gasteiger partial charge >= 0.3 is 6.03 Å². The van der Waals surface area contributed by atoms with Gasteiger partial charge in [-0.05, 0) is 54.7 Å². The Morgan fingerprint density at radius 3 is 2.68 bits per heavy atom. The van der Waals surface area contributed by atoms with Gasteiger partial charge in [-0.25, -0.2) is 9.78 Å². The largest absolute Gasteiger partial charge is 0.325 e. The first-order valence-corrected chi connectivity index (χ1v) is 9.30. The molecule has 0 fully saturated rings. The Hall–Kier alpha value is -2.37. The minimum atomic E-state index is -0.306. The number of benzene rings is 2. The number of halogens is 1. The number of amides is 2. The van der Waals surface area contributed by atoms with Gasteiger partial charge in [0.2, 0.25) is 0 Å². The van der Waals surface area contributed by atoms with Gasteiger partial charge in [-0.2, -0.15) is 0 Å². The molecule has 2 aromatic carbocycles. The normalized spacial score (nSPS) is 12.7. The summed E-state index contributed by atoms with van der Waals surface area (Å²) in [5.74, 6) is 0. The minimum Gasteiger partial charge on any atom is -0.308 e. The van der Waals surface area contributed by atoms with Gasteiger partial charge in [0.05, 0.1) is 10.6 Å². The fraction of sp³-hybridized carbons (Fsp3) is 0.158. The van der Waals surface area contributed by atoms with Crippen LogP contribution in [0, 0.1) is 0 Å². The molecule has 4 rings (SSSR count). The first-order valence-electron chi connectivity index (χ1n) is 8.10. The van der Waals surface area contributed by atoms with Crippen molar-refractivity contribution in [2.24, 2.45) is 0 Å². The summed E-state index contributed by atoms with van der Waals surface area (Å²) in [4.78, 5) is 18.0. The average Bonchev–Trinajstić information content (AvgIpc) is 2.91. The second-order valence-corrected chi connectivity index (χ2v) is 7.33. The number of nitrogens with zero attached hydrogens (tertiary/aromatic N) is 1. The van der Waals surface area contributed by atoms with E-state index in [4.69, 9.17) is 11.6 Å². The molecule has 2 N–H and O–H groups in total. The lowest BCUT2D eigenvalue weighted by atomic mass is 10.0. The molecule has 2 amide bonds. The molecule has 0 bridgehead atoms. The van der Waals surface area contributed by atoms with Gasteiger partial charge in [0.1, 0.15) is 0 Å². The summed E-state index contributed by atoms with van der Waals surface area (Å²) in [5, 5.41) is 6.88. The molecule has 1 heterocycles. The molecule has 0 aliphatic heterocycles. The van der Waals surface area contributed by atoms with E-state index in [1.54, 1.807) is 24.3 Å². The Morgan fingerprint density at radius 2 is 1.84 bits per heavy atom. The van der Waals surface area contributed by atoms with Crippen LogP contribution in [0.15, 0.2) is 48.5 Å². The Labute approximate surface area is 154 Å². The monoisotopic (exact) mass is 369 g/mol. The molecule has 3 aromatic rings. The van der Waals surface area contributed by atoms with E-state index in [9.17, 15) is 4.79 Å². The second-order valence-electron chi connectivity index (χ2n) is 5.89. The standard InChI is InChI=1S/C19H16ClN3OS/c20-13-8-10-14(11-9-13)21-18(24)23-19-22-16-7-3-5-12-4-1-2-6-15(12)17(16)25-19/h1-2,4,6,8-11H,3,5,7H2,(H2,21,22,23,24). The van der Waals surface area contributed by atoms with Crippen molar-refractivity contribution in [1.29, 1.82) is 0 Å². The van der Waals surface area contributed by atoms with Crippen LogP contribution in [-0.4, -0.2) is 11.0 Å². The van der Waals surface area contributed by atoms with E-state index >= 15 is 0 Å². The summed E-state index contributed by atoms with van der Waals surface area (Å²) in [6.07, 6.45) is 3.07. The van der Waals surface area contributed by atoms with Crippen LogP contribution in [0.5, 0.6) is 0 Å². The van der Waals surface area contributed by atoms with E-state index in [0.717, 1.165) is 29.8 Å². The van der Waals surface area contributed by atoms with Crippen LogP contribution in [0.2, 0.25) is 5.02 Å². The van der Waals surface area contributed by atoms with Crippen molar-refractivity contribution >= 4 is 39.8 Å². The van der Waals surface area contributed by atoms with Crippen LogP contribution in [0.1, 0.15) is 17.7 Å². The first kappa shape index (κ1) is 16.1. The van der Waals surface area contributed by atoms with Crippen LogP contribution in [-0.2, 0) is 12.8 Å². The number of anilines is 2. The van der Waals surface area contributed by atoms with E-state index in [1.165, 1.54) is 22.5 Å². The third kappa shape index (κ3) is 3.52. The molecule has 0 saturated carbocycles. The van der Waals surface area contributed by atoms with Crippen LogP contribution in [0.3, 0.4) is 0 Å². The molecule has 0 radical (unpaired) electrons. The fourth-order valence-corrected chi connectivity index (χ4v) is 4.18. The van der Waals surface area contributed by atoms with E-state index in [1.807, 2.05) is 6.07 Å². The predicted molar refractivity (Wildman–Crippen MR) is 104 cm³/mol. The minimum absolute atomic E-state index is 0.306. The maximum Gasteiger partial charge on any atom is 0.325 e. The summed E-state index contributed by atoms with van der Waals surface area (Å²) < 4.78 is 0. The van der Waals surface area contributed by atoms with E-state index in [-0.39, 0.29) is 6.03 Å². The smallest absolute Gasteiger partial charge is 0.308 e. The number of nitrogens with one attached hydrogen (secondary N) is 2. The first-order chi connectivity index (χ1) is 12.2. The van der Waals surface area contributed by atoms with E-state index in [0.29, 0.717) is 15.8 Å². The number of thiazole rings is 1. The average molecular weight is 370 g/mol. The Morgan fingerprint density at radius 1 is 1.04 bits per heavy atom. The summed E-state index contributed by atoms with van der Waals surface area (Å²) >= 11 is 7.38. The zero-order valence-electron chi connectivity index (χ0n) is 13.4. The van der Waals surface area contributed by atoms with Crippen molar-refractivity contribution < 1.29 is 4.79 Å². The number of aryl methyl sites for hydroxylation is 2. The number of hydrogen-bond acceptors (Lipinski definition) is 3. The van der Waals surface area contributed by atoms with Gasteiger partial charge < -0.3 is 5.32 Å². The molecular formula is C19H16ClN3OS. The van der Waals surface area contributed by atoms with Gasteiger partial charge in [-0.1, -0.05) is 47.2 Å². The van der Waals surface area contributed by atoms with Crippen molar-refractivity contribution in [3.63, 3.8) is 0 Å². The number of rotatable bonds is 2. The van der Waals surface area contributed by atoms with E-state index < -0.39 is 0 Å². The van der Waals surface area contributed by atoms with Crippen molar-refractivity contribution in [3.05, 3.63) is 64.8 Å². The molecule has 1 aliphatic carbocycles. The lowest BCUT2D eigenvalue weighted by Crippen LogP contribution is -2.19. The van der Waals surface area contributed by atoms with Crippen molar-refractivity contribution in [1.82, 2.24) is 4.98 Å². The highest BCUT2D eigenvalue weighted by Crippen LogP contribution is 2.38. The van der Waals surface area contributed by atoms with Crippen LogP contribution < -0.4 is 10.6 Å². The molecule has 4 nitrogen and oxygen atoms in total. The molecule has 25 heavy (non-hydrogen) atoms. The Balaban J connectivity index is 1.54. The maximum atomic E-state index is 12.2. The lowest BCUT2D eigenvalue weighted by Gasteiger charge is -2.05. The molecule has 0 unspecified atom stereocenters. The van der Waals surface area contributed by atoms with Gasteiger partial charge in [0.15, 0.2) is 5.13 Å².